The molecule has 0 unspecified atom stereocenters. The van der Waals surface area contributed by atoms with Crippen molar-refractivity contribution in [3.8, 4) is 17.2 Å². The van der Waals surface area contributed by atoms with Crippen LogP contribution in [0.5, 0.6) is 11.5 Å². The summed E-state index contributed by atoms with van der Waals surface area (Å²) >= 11 is 0. The molecule has 0 radical (unpaired) electrons. The Morgan fingerprint density at radius 1 is 0.958 bits per heavy atom. The van der Waals surface area contributed by atoms with Gasteiger partial charge < -0.3 is 20.3 Å². The lowest BCUT2D eigenvalue weighted by Crippen LogP contribution is -2.43. The van der Waals surface area contributed by atoms with Crippen LogP contribution in [0, 0.1) is 5.82 Å². The smallest absolute Gasteiger partial charge is 0.335 e. The quantitative estimate of drug-likeness (QED) is 0.254. The fourth-order valence-electron chi connectivity index (χ4n) is 5.39. The first-order chi connectivity index (χ1) is 23.1. The van der Waals surface area contributed by atoms with Crippen LogP contribution in [0.1, 0.15) is 53.6 Å². The molecule has 246 valence electrons. The lowest BCUT2D eigenvalue weighted by Gasteiger charge is -2.29. The molecule has 1 aliphatic heterocycles. The number of amides is 2. The van der Waals surface area contributed by atoms with E-state index in [4.69, 9.17) is 4.74 Å². The second-order valence-electron chi connectivity index (χ2n) is 11.8. The monoisotopic (exact) mass is 652 g/mol. The van der Waals surface area contributed by atoms with Crippen molar-refractivity contribution >= 4 is 28.5 Å². The number of nitrogens with one attached hydrogen (secondary N) is 2. The van der Waals surface area contributed by atoms with Crippen LogP contribution < -0.4 is 26.6 Å². The van der Waals surface area contributed by atoms with Gasteiger partial charge in [-0.3, -0.25) is 23.9 Å². The molecule has 5 heterocycles. The van der Waals surface area contributed by atoms with Gasteiger partial charge >= 0.3 is 5.69 Å². The Balaban J connectivity index is 1.20. The second-order valence-corrected chi connectivity index (χ2v) is 11.8. The summed E-state index contributed by atoms with van der Waals surface area (Å²) in [5.41, 5.74) is -0.921. The Labute approximate surface area is 274 Å². The number of aromatic nitrogens is 5. The zero-order valence-corrected chi connectivity index (χ0v) is 26.5. The maximum atomic E-state index is 13.5. The van der Waals surface area contributed by atoms with Crippen LogP contribution >= 0.6 is 0 Å². The van der Waals surface area contributed by atoms with E-state index in [1.165, 1.54) is 41.4 Å². The number of fused-ring (bicyclic) bond motifs is 1. The van der Waals surface area contributed by atoms with E-state index in [1.807, 2.05) is 0 Å². The van der Waals surface area contributed by atoms with Crippen molar-refractivity contribution < 1.29 is 18.7 Å². The molecule has 48 heavy (non-hydrogen) atoms. The first-order valence-electron chi connectivity index (χ1n) is 15.4. The molecule has 0 aliphatic carbocycles. The third-order valence-electron chi connectivity index (χ3n) is 8.08. The van der Waals surface area contributed by atoms with Gasteiger partial charge in [-0.2, -0.15) is 0 Å². The molecule has 14 heteroatoms. The summed E-state index contributed by atoms with van der Waals surface area (Å²) in [6.07, 6.45) is 7.42. The predicted octanol–water partition coefficient (Wildman–Crippen LogP) is 3.93. The van der Waals surface area contributed by atoms with Crippen LogP contribution in [0.2, 0.25) is 0 Å². The van der Waals surface area contributed by atoms with E-state index in [-0.39, 0.29) is 40.8 Å². The fourth-order valence-corrected chi connectivity index (χ4v) is 5.39. The van der Waals surface area contributed by atoms with Crippen LogP contribution in [0.4, 0.5) is 10.2 Å². The maximum Gasteiger partial charge on any atom is 0.335 e. The molecular weight excluding hydrogens is 619 g/mol. The molecule has 5 aromatic rings. The Kier molecular flexibility index (Phi) is 9.08. The lowest BCUT2D eigenvalue weighted by atomic mass is 10.1. The van der Waals surface area contributed by atoms with Crippen molar-refractivity contribution in [3.63, 3.8) is 0 Å². The van der Waals surface area contributed by atoms with E-state index >= 15 is 0 Å². The van der Waals surface area contributed by atoms with Crippen LogP contribution in [-0.2, 0) is 0 Å². The number of rotatable bonds is 8. The van der Waals surface area contributed by atoms with Gasteiger partial charge in [-0.1, -0.05) is 0 Å². The van der Waals surface area contributed by atoms with Crippen molar-refractivity contribution in [3.05, 3.63) is 111 Å². The highest BCUT2D eigenvalue weighted by atomic mass is 19.1. The maximum absolute atomic E-state index is 13.5. The fraction of sp³-hybridized carbons (Fsp3) is 0.265. The van der Waals surface area contributed by atoms with Crippen LogP contribution in [0.25, 0.3) is 16.6 Å². The van der Waals surface area contributed by atoms with E-state index in [0.29, 0.717) is 22.4 Å². The number of ether oxygens (including phenoxy) is 1. The number of piperidine rings is 1. The molecule has 1 saturated heterocycles. The number of carbonyl (C=O) groups is 2. The summed E-state index contributed by atoms with van der Waals surface area (Å²) in [5.74, 6) is -0.707. The average molecular weight is 653 g/mol. The molecule has 1 aromatic carbocycles. The van der Waals surface area contributed by atoms with E-state index in [1.54, 1.807) is 38.2 Å². The van der Waals surface area contributed by atoms with Gasteiger partial charge in [0.25, 0.3) is 17.4 Å². The number of nitrogens with zero attached hydrogens (tertiary/aromatic N) is 6. The summed E-state index contributed by atoms with van der Waals surface area (Å²) in [7, 11) is 2.06. The SMILES string of the molecule is CC(C)n1cc(C(=O)Nc2ccc(Oc3ccnc4cnc(C(=O)NC5CCN(C)CC5)cc34)cn2)c(=O)n(-c2ccc(F)cc2)c1=O. The van der Waals surface area contributed by atoms with Gasteiger partial charge in [-0.15, -0.1) is 0 Å². The van der Waals surface area contributed by atoms with Crippen molar-refractivity contribution in [2.75, 3.05) is 25.5 Å². The molecule has 4 aromatic heterocycles. The largest absolute Gasteiger partial charge is 0.455 e. The summed E-state index contributed by atoms with van der Waals surface area (Å²) in [6.45, 7) is 5.30. The molecular formula is C34H33FN8O5. The van der Waals surface area contributed by atoms with Crippen LogP contribution in [0.15, 0.2) is 82.9 Å². The topological polar surface area (TPSA) is 153 Å². The van der Waals surface area contributed by atoms with E-state index in [9.17, 15) is 23.6 Å². The summed E-state index contributed by atoms with van der Waals surface area (Å²) in [4.78, 5) is 67.8. The highest BCUT2D eigenvalue weighted by molar-refractivity contribution is 6.03. The van der Waals surface area contributed by atoms with Crippen molar-refractivity contribution in [2.24, 2.45) is 0 Å². The summed E-state index contributed by atoms with van der Waals surface area (Å²) in [6, 6.07) is 10.9. The van der Waals surface area contributed by atoms with Gasteiger partial charge in [0.15, 0.2) is 0 Å². The molecule has 0 spiro atoms. The first-order valence-corrected chi connectivity index (χ1v) is 15.4. The Hall–Kier alpha value is -5.76. The van der Waals surface area contributed by atoms with Gasteiger partial charge in [0.1, 0.15) is 34.4 Å². The van der Waals surface area contributed by atoms with Crippen molar-refractivity contribution in [2.45, 2.75) is 38.8 Å². The number of benzene rings is 1. The Morgan fingerprint density at radius 3 is 2.40 bits per heavy atom. The van der Waals surface area contributed by atoms with E-state index < -0.39 is 23.0 Å². The molecule has 0 atom stereocenters. The minimum atomic E-state index is -0.862. The van der Waals surface area contributed by atoms with Gasteiger partial charge in [0, 0.05) is 29.9 Å². The predicted molar refractivity (Wildman–Crippen MR) is 176 cm³/mol. The highest BCUT2D eigenvalue weighted by Crippen LogP contribution is 2.29. The Bertz CT molecular complexity index is 2100. The average Bonchev–Trinajstić information content (AvgIpc) is 3.07. The van der Waals surface area contributed by atoms with E-state index in [2.05, 4.69) is 37.5 Å². The molecule has 2 amide bonds. The van der Waals surface area contributed by atoms with E-state index in [0.717, 1.165) is 42.6 Å². The van der Waals surface area contributed by atoms with Crippen molar-refractivity contribution in [1.29, 1.82) is 0 Å². The minimum absolute atomic E-state index is 0.0822. The zero-order chi connectivity index (χ0) is 33.9. The standard InChI is InChI=1S/C34H33FN8O5/c1-20(2)42-19-26(33(46)43(34(42)47)23-6-4-21(35)5-7-23)31(44)40-30-9-8-24(17-38-30)48-29-10-13-36-28-18-37-27(16-25(28)29)32(45)39-22-11-14-41(3)15-12-22/h4-10,13,16-20,22H,11-12,14-15H2,1-3H3,(H,39,45)(H,38,40,44). The van der Waals surface area contributed by atoms with Gasteiger partial charge in [-0.05, 0) is 95.4 Å². The molecule has 1 aliphatic rings. The second kappa shape index (κ2) is 13.5. The van der Waals surface area contributed by atoms with Crippen LogP contribution in [-0.4, -0.2) is 67.0 Å². The molecule has 13 nitrogen and oxygen atoms in total. The normalized spacial score (nSPS) is 13.9. The van der Waals surface area contributed by atoms with Crippen molar-refractivity contribution in [1.82, 2.24) is 34.3 Å². The number of likely N-dealkylation sites (tertiary alicyclic amines) is 1. The number of pyridine rings is 3. The Morgan fingerprint density at radius 2 is 1.71 bits per heavy atom. The van der Waals surface area contributed by atoms with Crippen LogP contribution in [0.3, 0.4) is 0 Å². The number of carbonyl (C=O) groups excluding carboxylic acids is 2. The van der Waals surface area contributed by atoms with Gasteiger partial charge in [-0.25, -0.2) is 23.7 Å². The van der Waals surface area contributed by atoms with Gasteiger partial charge in [0.2, 0.25) is 0 Å². The minimum Gasteiger partial charge on any atom is -0.455 e. The molecule has 0 bridgehead atoms. The number of hydrogen-bond donors (Lipinski definition) is 2. The summed E-state index contributed by atoms with van der Waals surface area (Å²) < 4.78 is 21.7. The molecule has 6 rings (SSSR count). The lowest BCUT2D eigenvalue weighted by molar-refractivity contribution is 0.0911. The first kappa shape index (κ1) is 32.2. The molecule has 1 fully saturated rings. The number of halogens is 1. The highest BCUT2D eigenvalue weighted by Gasteiger charge is 2.22. The summed E-state index contributed by atoms with van der Waals surface area (Å²) in [5, 5.41) is 6.23. The third-order valence-corrected chi connectivity index (χ3v) is 8.08. The zero-order valence-electron chi connectivity index (χ0n) is 26.5. The number of anilines is 1. The third kappa shape index (κ3) is 6.83. The number of hydrogen-bond acceptors (Lipinski definition) is 9. The molecule has 2 N–H and O–H groups in total. The van der Waals surface area contributed by atoms with Gasteiger partial charge in [0.05, 0.1) is 23.6 Å². The molecule has 0 saturated carbocycles.